The first-order chi connectivity index (χ1) is 15.5. The molecule has 3 rings (SSSR count). The molecule has 1 aliphatic carbocycles. The zero-order valence-corrected chi connectivity index (χ0v) is 18.8. The highest BCUT2D eigenvalue weighted by molar-refractivity contribution is 5.70. The van der Waals surface area contributed by atoms with E-state index in [1.165, 1.54) is 30.2 Å². The molecule has 0 saturated heterocycles. The maximum absolute atomic E-state index is 15.1. The standard InChI is InChI=1S/C24H24FN5O3/c1-23(2,3)33-22(31)30-8-7-15-17(10-26)21(29)24(12-27,13-28)20(18(15)11-30)16-9-14(32-4)5-6-19(16)25/h5-7,9,18,20H,8,11,29H2,1-4H3/t18-,20+/m0/s1. The molecule has 1 aromatic rings. The van der Waals surface area contributed by atoms with Gasteiger partial charge in [-0.05, 0) is 50.1 Å². The molecule has 1 heterocycles. The van der Waals surface area contributed by atoms with Gasteiger partial charge in [-0.1, -0.05) is 6.08 Å². The summed E-state index contributed by atoms with van der Waals surface area (Å²) in [5, 5.41) is 30.0. The third-order valence-corrected chi connectivity index (χ3v) is 5.85. The molecular weight excluding hydrogens is 425 g/mol. The number of methoxy groups -OCH3 is 1. The summed E-state index contributed by atoms with van der Waals surface area (Å²) in [6.07, 6.45) is 1.05. The number of nitrogens with two attached hydrogens (primary N) is 1. The lowest BCUT2D eigenvalue weighted by molar-refractivity contribution is 0.0224. The average molecular weight is 449 g/mol. The molecule has 2 aliphatic rings. The number of amides is 1. The molecule has 0 bridgehead atoms. The van der Waals surface area contributed by atoms with Crippen LogP contribution in [0.15, 0.2) is 41.1 Å². The van der Waals surface area contributed by atoms with Crippen LogP contribution in [0.3, 0.4) is 0 Å². The monoisotopic (exact) mass is 449 g/mol. The number of nitrogens with zero attached hydrogens (tertiary/aromatic N) is 4. The molecule has 2 N–H and O–H groups in total. The summed E-state index contributed by atoms with van der Waals surface area (Å²) >= 11 is 0. The van der Waals surface area contributed by atoms with E-state index in [0.717, 1.165) is 0 Å². The number of rotatable bonds is 2. The topological polar surface area (TPSA) is 136 Å². The molecule has 0 saturated carbocycles. The van der Waals surface area contributed by atoms with Gasteiger partial charge in [-0.2, -0.15) is 15.8 Å². The van der Waals surface area contributed by atoms with Gasteiger partial charge in [0, 0.05) is 24.9 Å². The summed E-state index contributed by atoms with van der Waals surface area (Å²) in [7, 11) is 1.41. The number of benzene rings is 1. The van der Waals surface area contributed by atoms with Gasteiger partial charge in [0.05, 0.1) is 30.5 Å². The fraction of sp³-hybridized carbons (Fsp3) is 0.417. The zero-order valence-electron chi connectivity index (χ0n) is 18.8. The van der Waals surface area contributed by atoms with Crippen molar-refractivity contribution in [2.75, 3.05) is 20.2 Å². The fourth-order valence-corrected chi connectivity index (χ4v) is 4.39. The second-order valence-corrected chi connectivity index (χ2v) is 8.95. The lowest BCUT2D eigenvalue weighted by atomic mass is 9.58. The normalized spacial score (nSPS) is 21.6. The van der Waals surface area contributed by atoms with E-state index >= 15 is 4.39 Å². The van der Waals surface area contributed by atoms with Crippen LogP contribution in [0.25, 0.3) is 0 Å². The van der Waals surface area contributed by atoms with E-state index in [9.17, 15) is 20.6 Å². The molecule has 0 radical (unpaired) electrons. The van der Waals surface area contributed by atoms with Gasteiger partial charge in [-0.25, -0.2) is 9.18 Å². The smallest absolute Gasteiger partial charge is 0.410 e. The van der Waals surface area contributed by atoms with Crippen molar-refractivity contribution in [3.63, 3.8) is 0 Å². The Kier molecular flexibility index (Phi) is 6.07. The first kappa shape index (κ1) is 23.6. The van der Waals surface area contributed by atoms with E-state index in [-0.39, 0.29) is 29.9 Å². The summed E-state index contributed by atoms with van der Waals surface area (Å²) in [6, 6.07) is 9.91. The first-order valence-electron chi connectivity index (χ1n) is 10.3. The molecule has 9 heteroatoms. The van der Waals surface area contributed by atoms with Crippen molar-refractivity contribution in [3.8, 4) is 24.0 Å². The minimum absolute atomic E-state index is 0.00559. The van der Waals surface area contributed by atoms with Crippen LogP contribution in [0.4, 0.5) is 9.18 Å². The summed E-state index contributed by atoms with van der Waals surface area (Å²) in [5.74, 6) is -2.18. The molecule has 0 aromatic heterocycles. The Balaban J connectivity index is 2.25. The van der Waals surface area contributed by atoms with Crippen LogP contribution in [0.2, 0.25) is 0 Å². The highest BCUT2D eigenvalue weighted by atomic mass is 19.1. The van der Waals surface area contributed by atoms with Gasteiger partial charge in [-0.15, -0.1) is 0 Å². The average Bonchev–Trinajstić information content (AvgIpc) is 2.77. The Morgan fingerprint density at radius 2 is 1.94 bits per heavy atom. The van der Waals surface area contributed by atoms with Crippen LogP contribution in [-0.2, 0) is 4.74 Å². The van der Waals surface area contributed by atoms with E-state index in [4.69, 9.17) is 15.2 Å². The maximum Gasteiger partial charge on any atom is 0.410 e. The fourth-order valence-electron chi connectivity index (χ4n) is 4.39. The second kappa shape index (κ2) is 8.48. The SMILES string of the molecule is COc1ccc(F)c([C@@H]2[C@H]3CN(C(=O)OC(C)(C)C)CC=C3C(C#N)=C(N)C2(C#N)C#N)c1. The number of allylic oxidation sites excluding steroid dienone is 2. The van der Waals surface area contributed by atoms with E-state index in [0.29, 0.717) is 11.3 Å². The summed E-state index contributed by atoms with van der Waals surface area (Å²) in [6.45, 7) is 5.35. The molecule has 8 nitrogen and oxygen atoms in total. The molecule has 33 heavy (non-hydrogen) atoms. The van der Waals surface area contributed by atoms with Gasteiger partial charge in [0.15, 0.2) is 5.41 Å². The lowest BCUT2D eigenvalue weighted by Gasteiger charge is -2.45. The number of ether oxygens (including phenoxy) is 2. The van der Waals surface area contributed by atoms with Crippen molar-refractivity contribution in [3.05, 3.63) is 52.5 Å². The van der Waals surface area contributed by atoms with Crippen molar-refractivity contribution in [2.24, 2.45) is 17.1 Å². The number of fused-ring (bicyclic) bond motifs is 1. The largest absolute Gasteiger partial charge is 0.497 e. The van der Waals surface area contributed by atoms with Crippen LogP contribution in [0, 0.1) is 51.1 Å². The third kappa shape index (κ3) is 3.97. The van der Waals surface area contributed by atoms with Crippen molar-refractivity contribution in [1.29, 1.82) is 15.8 Å². The molecule has 2 atom stereocenters. The lowest BCUT2D eigenvalue weighted by Crippen LogP contribution is -2.50. The number of hydrogen-bond acceptors (Lipinski definition) is 7. The maximum atomic E-state index is 15.1. The van der Waals surface area contributed by atoms with E-state index in [2.05, 4.69) is 0 Å². The Bertz CT molecular complexity index is 1160. The van der Waals surface area contributed by atoms with Crippen LogP contribution in [-0.4, -0.2) is 36.8 Å². The highest BCUT2D eigenvalue weighted by Crippen LogP contribution is 2.55. The van der Waals surface area contributed by atoms with Gasteiger partial charge in [0.2, 0.25) is 0 Å². The van der Waals surface area contributed by atoms with Crippen molar-refractivity contribution >= 4 is 6.09 Å². The quantitative estimate of drug-likeness (QED) is 0.730. The number of halogens is 1. The molecule has 1 aliphatic heterocycles. The molecule has 170 valence electrons. The minimum atomic E-state index is -2.03. The number of hydrogen-bond donors (Lipinski definition) is 1. The van der Waals surface area contributed by atoms with Crippen LogP contribution >= 0.6 is 0 Å². The first-order valence-corrected chi connectivity index (χ1v) is 10.3. The molecule has 0 fully saturated rings. The van der Waals surface area contributed by atoms with Crippen LogP contribution in [0.1, 0.15) is 32.3 Å². The highest BCUT2D eigenvalue weighted by Gasteiger charge is 2.55. The van der Waals surface area contributed by atoms with Crippen molar-refractivity contribution in [1.82, 2.24) is 4.90 Å². The number of carbonyl (C=O) groups excluding carboxylic acids is 1. The minimum Gasteiger partial charge on any atom is -0.497 e. The van der Waals surface area contributed by atoms with Crippen LogP contribution < -0.4 is 10.5 Å². The molecule has 0 spiro atoms. The predicted molar refractivity (Wildman–Crippen MR) is 116 cm³/mol. The molecule has 0 unspecified atom stereocenters. The van der Waals surface area contributed by atoms with Gasteiger partial charge in [-0.3, -0.25) is 0 Å². The van der Waals surface area contributed by atoms with Crippen LogP contribution in [0.5, 0.6) is 5.75 Å². The van der Waals surface area contributed by atoms with Crippen molar-refractivity contribution < 1.29 is 18.7 Å². The van der Waals surface area contributed by atoms with E-state index < -0.39 is 34.8 Å². The summed E-state index contributed by atoms with van der Waals surface area (Å²) in [5.41, 5.74) is 3.76. The van der Waals surface area contributed by atoms with Gasteiger partial charge >= 0.3 is 6.09 Å². The Hall–Kier alpha value is -4.03. The van der Waals surface area contributed by atoms with Gasteiger partial charge in [0.1, 0.15) is 23.2 Å². The predicted octanol–water partition coefficient (Wildman–Crippen LogP) is 3.49. The number of carbonyl (C=O) groups is 1. The Labute approximate surface area is 191 Å². The van der Waals surface area contributed by atoms with Gasteiger partial charge < -0.3 is 20.1 Å². The molecule has 1 amide bonds. The number of nitriles is 3. The van der Waals surface area contributed by atoms with Gasteiger partial charge in [0.25, 0.3) is 0 Å². The molecule has 1 aromatic carbocycles. The third-order valence-electron chi connectivity index (χ3n) is 5.85. The van der Waals surface area contributed by atoms with E-state index in [1.54, 1.807) is 26.8 Å². The zero-order chi connectivity index (χ0) is 24.6. The summed E-state index contributed by atoms with van der Waals surface area (Å²) in [4.78, 5) is 14.2. The van der Waals surface area contributed by atoms with Crippen molar-refractivity contribution in [2.45, 2.75) is 32.3 Å². The molecular formula is C24H24FN5O3. The second-order valence-electron chi connectivity index (χ2n) is 8.95. The van der Waals surface area contributed by atoms with E-state index in [1.807, 2.05) is 18.2 Å². The Morgan fingerprint density at radius 3 is 2.48 bits per heavy atom. The Morgan fingerprint density at radius 1 is 1.27 bits per heavy atom. The summed E-state index contributed by atoms with van der Waals surface area (Å²) < 4.78 is 25.8.